The molecule has 2 heterocycles. The zero-order valence-corrected chi connectivity index (χ0v) is 10.7. The first-order valence-corrected chi connectivity index (χ1v) is 5.79. The number of rotatable bonds is 3. The summed E-state index contributed by atoms with van der Waals surface area (Å²) in [6, 6.07) is 5.49. The van der Waals surface area contributed by atoms with Gasteiger partial charge in [0, 0.05) is 25.1 Å². The van der Waals surface area contributed by atoms with Crippen LogP contribution in [0.2, 0.25) is 0 Å². The maximum absolute atomic E-state index is 11.9. The van der Waals surface area contributed by atoms with Crippen LogP contribution in [-0.4, -0.2) is 20.7 Å². The minimum absolute atomic E-state index is 0.0902. The van der Waals surface area contributed by atoms with Gasteiger partial charge in [-0.3, -0.25) is 14.5 Å². The molecule has 5 nitrogen and oxygen atoms in total. The second kappa shape index (κ2) is 5.00. The number of aryl methyl sites for hydroxylation is 2. The van der Waals surface area contributed by atoms with Crippen molar-refractivity contribution in [3.05, 3.63) is 47.5 Å². The van der Waals surface area contributed by atoms with Gasteiger partial charge in [0.1, 0.15) is 5.69 Å². The van der Waals surface area contributed by atoms with E-state index < -0.39 is 0 Å². The van der Waals surface area contributed by atoms with Gasteiger partial charge >= 0.3 is 0 Å². The number of pyridine rings is 1. The number of amides is 1. The van der Waals surface area contributed by atoms with Gasteiger partial charge in [0.2, 0.25) is 0 Å². The minimum atomic E-state index is -0.177. The molecule has 0 spiro atoms. The molecule has 1 N–H and O–H groups in total. The van der Waals surface area contributed by atoms with Gasteiger partial charge in [0.05, 0.1) is 6.04 Å². The number of aromatic nitrogens is 3. The Labute approximate surface area is 106 Å². The molecule has 0 aliphatic heterocycles. The molecular weight excluding hydrogens is 228 g/mol. The topological polar surface area (TPSA) is 59.8 Å². The van der Waals surface area contributed by atoms with E-state index in [4.69, 9.17) is 0 Å². The van der Waals surface area contributed by atoms with Crippen LogP contribution >= 0.6 is 0 Å². The molecule has 1 amide bonds. The Kier molecular flexibility index (Phi) is 3.41. The third-order valence-corrected chi connectivity index (χ3v) is 2.73. The molecule has 1 atom stereocenters. The lowest BCUT2D eigenvalue weighted by atomic mass is 10.1. The predicted molar refractivity (Wildman–Crippen MR) is 68.1 cm³/mol. The van der Waals surface area contributed by atoms with Gasteiger partial charge in [-0.05, 0) is 31.5 Å². The molecule has 5 heteroatoms. The van der Waals surface area contributed by atoms with E-state index >= 15 is 0 Å². The van der Waals surface area contributed by atoms with E-state index in [-0.39, 0.29) is 11.9 Å². The van der Waals surface area contributed by atoms with E-state index in [1.54, 1.807) is 30.2 Å². The molecule has 0 aliphatic rings. The number of nitrogens with one attached hydrogen (secondary N) is 1. The average Bonchev–Trinajstić information content (AvgIpc) is 2.76. The van der Waals surface area contributed by atoms with Crippen LogP contribution in [0.15, 0.2) is 30.6 Å². The largest absolute Gasteiger partial charge is 0.344 e. The summed E-state index contributed by atoms with van der Waals surface area (Å²) < 4.78 is 1.60. The fourth-order valence-corrected chi connectivity index (χ4v) is 1.63. The highest BCUT2D eigenvalue weighted by atomic mass is 16.2. The third kappa shape index (κ3) is 2.74. The number of nitrogens with zero attached hydrogens (tertiary/aromatic N) is 3. The molecule has 0 saturated carbocycles. The summed E-state index contributed by atoms with van der Waals surface area (Å²) in [4.78, 5) is 16.1. The maximum Gasteiger partial charge on any atom is 0.272 e. The number of carbonyl (C=O) groups excluding carboxylic acids is 1. The molecule has 0 fully saturated rings. The third-order valence-electron chi connectivity index (χ3n) is 2.73. The van der Waals surface area contributed by atoms with Crippen LogP contribution in [0, 0.1) is 6.92 Å². The Morgan fingerprint density at radius 2 is 2.17 bits per heavy atom. The van der Waals surface area contributed by atoms with Crippen molar-refractivity contribution >= 4 is 5.91 Å². The van der Waals surface area contributed by atoms with Crippen LogP contribution in [0.4, 0.5) is 0 Å². The van der Waals surface area contributed by atoms with E-state index in [1.807, 2.05) is 26.0 Å². The molecular formula is C13H16N4O. The molecule has 0 aromatic carbocycles. The minimum Gasteiger partial charge on any atom is -0.344 e. The Morgan fingerprint density at radius 1 is 1.39 bits per heavy atom. The summed E-state index contributed by atoms with van der Waals surface area (Å²) in [6.07, 6.45) is 3.52. The smallest absolute Gasteiger partial charge is 0.272 e. The van der Waals surface area contributed by atoms with Crippen molar-refractivity contribution in [2.45, 2.75) is 19.9 Å². The van der Waals surface area contributed by atoms with Crippen molar-refractivity contribution in [3.8, 4) is 0 Å². The predicted octanol–water partition coefficient (Wildman–Crippen LogP) is 1.61. The average molecular weight is 244 g/mol. The van der Waals surface area contributed by atoms with Crippen LogP contribution in [-0.2, 0) is 7.05 Å². The van der Waals surface area contributed by atoms with Crippen LogP contribution in [0.5, 0.6) is 0 Å². The summed E-state index contributed by atoms with van der Waals surface area (Å²) in [5.74, 6) is -0.177. The molecule has 94 valence electrons. The first-order valence-electron chi connectivity index (χ1n) is 5.79. The van der Waals surface area contributed by atoms with Gasteiger partial charge in [-0.15, -0.1) is 0 Å². The van der Waals surface area contributed by atoms with Gasteiger partial charge in [-0.25, -0.2) is 0 Å². The highest BCUT2D eigenvalue weighted by Gasteiger charge is 2.13. The standard InChI is InChI=1S/C13H16N4O/c1-9-4-5-11(8-14-9)10(2)15-13(18)12-6-7-17(3)16-12/h4-8,10H,1-3H3,(H,15,18)/t10-/m0/s1. The van der Waals surface area contributed by atoms with Gasteiger partial charge in [-0.1, -0.05) is 6.07 Å². The fourth-order valence-electron chi connectivity index (χ4n) is 1.63. The first kappa shape index (κ1) is 12.3. The van der Waals surface area contributed by atoms with Gasteiger partial charge in [-0.2, -0.15) is 5.10 Å². The van der Waals surface area contributed by atoms with Crippen molar-refractivity contribution < 1.29 is 4.79 Å². The van der Waals surface area contributed by atoms with Crippen molar-refractivity contribution in [2.24, 2.45) is 7.05 Å². The van der Waals surface area contributed by atoms with Crippen molar-refractivity contribution in [3.63, 3.8) is 0 Å². The van der Waals surface area contributed by atoms with E-state index in [9.17, 15) is 4.79 Å². The second-order valence-electron chi connectivity index (χ2n) is 4.30. The molecule has 0 radical (unpaired) electrons. The van der Waals surface area contributed by atoms with E-state index in [0.29, 0.717) is 5.69 Å². The zero-order chi connectivity index (χ0) is 13.1. The lowest BCUT2D eigenvalue weighted by molar-refractivity contribution is 0.0934. The Bertz CT molecular complexity index is 544. The lowest BCUT2D eigenvalue weighted by Gasteiger charge is -2.13. The molecule has 2 aromatic heterocycles. The summed E-state index contributed by atoms with van der Waals surface area (Å²) in [5, 5.41) is 6.95. The molecule has 2 rings (SSSR count). The molecule has 0 bridgehead atoms. The summed E-state index contributed by atoms with van der Waals surface area (Å²) in [5.41, 5.74) is 2.36. The maximum atomic E-state index is 11.9. The lowest BCUT2D eigenvalue weighted by Crippen LogP contribution is -2.27. The molecule has 2 aromatic rings. The molecule has 18 heavy (non-hydrogen) atoms. The Balaban J connectivity index is 2.05. The summed E-state index contributed by atoms with van der Waals surface area (Å²) in [7, 11) is 1.78. The van der Waals surface area contributed by atoms with Crippen LogP contribution in [0.25, 0.3) is 0 Å². The number of hydrogen-bond donors (Lipinski definition) is 1. The van der Waals surface area contributed by atoms with Gasteiger partial charge < -0.3 is 5.32 Å². The normalized spacial score (nSPS) is 12.2. The number of carbonyl (C=O) groups is 1. The molecule has 0 aliphatic carbocycles. The van der Waals surface area contributed by atoms with Crippen molar-refractivity contribution in [2.75, 3.05) is 0 Å². The Morgan fingerprint density at radius 3 is 2.72 bits per heavy atom. The SMILES string of the molecule is Cc1ccc([C@H](C)NC(=O)c2ccn(C)n2)cn1. The van der Waals surface area contributed by atoms with Crippen LogP contribution < -0.4 is 5.32 Å². The second-order valence-corrected chi connectivity index (χ2v) is 4.30. The van der Waals surface area contributed by atoms with Crippen molar-refractivity contribution in [1.82, 2.24) is 20.1 Å². The van der Waals surface area contributed by atoms with Crippen LogP contribution in [0.3, 0.4) is 0 Å². The zero-order valence-electron chi connectivity index (χ0n) is 10.7. The van der Waals surface area contributed by atoms with E-state index in [0.717, 1.165) is 11.3 Å². The van der Waals surface area contributed by atoms with E-state index in [1.165, 1.54) is 0 Å². The first-order chi connectivity index (χ1) is 8.56. The monoisotopic (exact) mass is 244 g/mol. The Hall–Kier alpha value is -2.17. The highest BCUT2D eigenvalue weighted by Crippen LogP contribution is 2.11. The summed E-state index contributed by atoms with van der Waals surface area (Å²) >= 11 is 0. The van der Waals surface area contributed by atoms with Crippen LogP contribution in [0.1, 0.15) is 34.7 Å². The van der Waals surface area contributed by atoms with Crippen molar-refractivity contribution in [1.29, 1.82) is 0 Å². The quantitative estimate of drug-likeness (QED) is 0.892. The summed E-state index contributed by atoms with van der Waals surface area (Å²) in [6.45, 7) is 3.86. The number of hydrogen-bond acceptors (Lipinski definition) is 3. The van der Waals surface area contributed by atoms with E-state index in [2.05, 4.69) is 15.4 Å². The fraction of sp³-hybridized carbons (Fsp3) is 0.308. The molecule has 0 unspecified atom stereocenters. The van der Waals surface area contributed by atoms with Gasteiger partial charge in [0.25, 0.3) is 5.91 Å². The molecule has 0 saturated heterocycles. The van der Waals surface area contributed by atoms with Gasteiger partial charge in [0.15, 0.2) is 0 Å². The highest BCUT2D eigenvalue weighted by molar-refractivity contribution is 5.92.